The van der Waals surface area contributed by atoms with Crippen molar-refractivity contribution in [2.75, 3.05) is 0 Å². The van der Waals surface area contributed by atoms with E-state index < -0.39 is 0 Å². The molecule has 0 spiro atoms. The Hall–Kier alpha value is -0.500. The number of ether oxygens (including phenoxy) is 1. The Bertz CT molecular complexity index is 80.5. The molecule has 0 aliphatic heterocycles. The Morgan fingerprint density at radius 2 is 2.38 bits per heavy atom. The van der Waals surface area contributed by atoms with E-state index >= 15 is 0 Å². The average Bonchev–Trinajstić information content (AvgIpc) is 1.68. The quantitative estimate of drug-likeness (QED) is 0.425. The summed E-state index contributed by atoms with van der Waals surface area (Å²) < 4.78 is 4.32. The van der Waals surface area contributed by atoms with Crippen LogP contribution in [0.1, 0.15) is 13.3 Å². The molecule has 0 amide bonds. The molecule has 0 aromatic rings. The Balaban J connectivity index is 0. The zero-order valence-electron chi connectivity index (χ0n) is 4.72. The predicted molar refractivity (Wildman–Crippen MR) is 33.8 cm³/mol. The summed E-state index contributed by atoms with van der Waals surface area (Å²) in [6, 6.07) is 0. The van der Waals surface area contributed by atoms with E-state index in [4.69, 9.17) is 0 Å². The molecule has 3 heteroatoms. The zero-order chi connectivity index (χ0) is 5.70. The topological polar surface area (TPSA) is 26.3 Å². The molecule has 0 saturated carbocycles. The molecule has 0 fully saturated rings. The summed E-state index contributed by atoms with van der Waals surface area (Å²) in [7, 11) is 0. The molecular weight excluding hydrogens is 128 g/mol. The van der Waals surface area contributed by atoms with Gasteiger partial charge in [-0.05, 0) is 0 Å². The molecule has 0 atom stereocenters. The first-order valence-corrected chi connectivity index (χ1v) is 2.11. The minimum absolute atomic E-state index is 0. The standard InChI is InChI=1S/C5H8O2.ClH/c1-3-5(6)7-4-2;/h4H,2-3H2,1H3;1H. The molecule has 0 saturated heterocycles. The largest absolute Gasteiger partial charge is 0.435 e. The second-order valence-electron chi connectivity index (χ2n) is 1.01. The van der Waals surface area contributed by atoms with Gasteiger partial charge in [-0.2, -0.15) is 0 Å². The molecule has 0 radical (unpaired) electrons. The molecule has 0 rings (SSSR count). The van der Waals surface area contributed by atoms with Gasteiger partial charge >= 0.3 is 5.97 Å². The summed E-state index contributed by atoms with van der Waals surface area (Å²) in [4.78, 5) is 10.1. The zero-order valence-corrected chi connectivity index (χ0v) is 5.53. The highest BCUT2D eigenvalue weighted by Gasteiger charge is 1.89. The molecule has 0 N–H and O–H groups in total. The monoisotopic (exact) mass is 136 g/mol. The number of carbonyl (C=O) groups is 1. The van der Waals surface area contributed by atoms with Crippen LogP contribution >= 0.6 is 12.4 Å². The molecule has 0 aromatic carbocycles. The molecule has 8 heavy (non-hydrogen) atoms. The summed E-state index contributed by atoms with van der Waals surface area (Å²) in [6.07, 6.45) is 1.54. The van der Waals surface area contributed by atoms with Gasteiger partial charge in [0.05, 0.1) is 6.26 Å². The lowest BCUT2D eigenvalue weighted by Crippen LogP contribution is -1.94. The van der Waals surface area contributed by atoms with Gasteiger partial charge < -0.3 is 4.74 Å². The average molecular weight is 137 g/mol. The van der Waals surface area contributed by atoms with E-state index in [1.165, 1.54) is 0 Å². The van der Waals surface area contributed by atoms with Gasteiger partial charge in [0, 0.05) is 6.42 Å². The number of rotatable bonds is 2. The summed E-state index contributed by atoms with van der Waals surface area (Å²) in [5.41, 5.74) is 0. The SMILES string of the molecule is C=COC(=O)CC.Cl. The first-order chi connectivity index (χ1) is 3.31. The fourth-order valence-electron chi connectivity index (χ4n) is 0.176. The van der Waals surface area contributed by atoms with E-state index in [1.54, 1.807) is 6.92 Å². The molecule has 0 unspecified atom stereocenters. The highest BCUT2D eigenvalue weighted by molar-refractivity contribution is 5.85. The smallest absolute Gasteiger partial charge is 0.310 e. The number of hydrogen-bond acceptors (Lipinski definition) is 2. The van der Waals surface area contributed by atoms with Crippen molar-refractivity contribution in [2.24, 2.45) is 0 Å². The van der Waals surface area contributed by atoms with Crippen molar-refractivity contribution in [1.29, 1.82) is 0 Å². The Morgan fingerprint density at radius 1 is 1.88 bits per heavy atom. The fourth-order valence-corrected chi connectivity index (χ4v) is 0.176. The number of esters is 1. The van der Waals surface area contributed by atoms with E-state index in [0.29, 0.717) is 6.42 Å². The number of hydrogen-bond donors (Lipinski definition) is 0. The second-order valence-corrected chi connectivity index (χ2v) is 1.01. The minimum Gasteiger partial charge on any atom is -0.435 e. The van der Waals surface area contributed by atoms with Gasteiger partial charge in [-0.3, -0.25) is 4.79 Å². The van der Waals surface area contributed by atoms with Crippen LogP contribution in [0.3, 0.4) is 0 Å². The van der Waals surface area contributed by atoms with Crippen LogP contribution < -0.4 is 0 Å². The maximum atomic E-state index is 10.1. The van der Waals surface area contributed by atoms with Crippen molar-refractivity contribution in [2.45, 2.75) is 13.3 Å². The lowest BCUT2D eigenvalue weighted by molar-refractivity contribution is -0.137. The van der Waals surface area contributed by atoms with Gasteiger partial charge in [-0.1, -0.05) is 13.5 Å². The van der Waals surface area contributed by atoms with Crippen LogP contribution in [-0.4, -0.2) is 5.97 Å². The molecule has 0 bridgehead atoms. The van der Waals surface area contributed by atoms with Crippen molar-refractivity contribution in [1.82, 2.24) is 0 Å². The van der Waals surface area contributed by atoms with Crippen molar-refractivity contribution in [3.63, 3.8) is 0 Å². The van der Waals surface area contributed by atoms with E-state index in [1.807, 2.05) is 0 Å². The predicted octanol–water partition coefficient (Wildman–Crippen LogP) is 1.50. The summed E-state index contributed by atoms with van der Waals surface area (Å²) >= 11 is 0. The molecule has 48 valence electrons. The molecule has 0 aliphatic rings. The van der Waals surface area contributed by atoms with Gasteiger partial charge in [0.2, 0.25) is 0 Å². The van der Waals surface area contributed by atoms with E-state index in [0.717, 1.165) is 6.26 Å². The van der Waals surface area contributed by atoms with Crippen LogP contribution in [0.4, 0.5) is 0 Å². The van der Waals surface area contributed by atoms with Crippen molar-refractivity contribution >= 4 is 18.4 Å². The van der Waals surface area contributed by atoms with Gasteiger partial charge in [-0.15, -0.1) is 12.4 Å². The normalized spacial score (nSPS) is 6.62. The van der Waals surface area contributed by atoms with E-state index in [9.17, 15) is 4.79 Å². The first-order valence-electron chi connectivity index (χ1n) is 2.11. The molecule has 0 heterocycles. The van der Waals surface area contributed by atoms with Crippen molar-refractivity contribution in [3.05, 3.63) is 12.8 Å². The van der Waals surface area contributed by atoms with Crippen LogP contribution in [0, 0.1) is 0 Å². The number of carbonyl (C=O) groups excluding carboxylic acids is 1. The third kappa shape index (κ3) is 5.50. The molecular formula is C5H9ClO2. The van der Waals surface area contributed by atoms with Crippen LogP contribution in [-0.2, 0) is 9.53 Å². The summed E-state index contributed by atoms with van der Waals surface area (Å²) in [5.74, 6) is -0.241. The molecule has 0 aliphatic carbocycles. The Morgan fingerprint density at radius 3 is 2.50 bits per heavy atom. The van der Waals surface area contributed by atoms with Gasteiger partial charge in [-0.25, -0.2) is 0 Å². The van der Waals surface area contributed by atoms with Crippen LogP contribution in [0.15, 0.2) is 12.8 Å². The maximum Gasteiger partial charge on any atom is 0.310 e. The number of halogens is 1. The van der Waals surface area contributed by atoms with Gasteiger partial charge in [0.15, 0.2) is 0 Å². The highest BCUT2D eigenvalue weighted by Crippen LogP contribution is 1.81. The van der Waals surface area contributed by atoms with Gasteiger partial charge in [0.1, 0.15) is 0 Å². The van der Waals surface area contributed by atoms with Crippen LogP contribution in [0.2, 0.25) is 0 Å². The second kappa shape index (κ2) is 6.50. The molecule has 0 aromatic heterocycles. The van der Waals surface area contributed by atoms with Gasteiger partial charge in [0.25, 0.3) is 0 Å². The molecule has 2 nitrogen and oxygen atoms in total. The summed E-state index contributed by atoms with van der Waals surface area (Å²) in [5, 5.41) is 0. The van der Waals surface area contributed by atoms with E-state index in [-0.39, 0.29) is 18.4 Å². The highest BCUT2D eigenvalue weighted by atomic mass is 35.5. The van der Waals surface area contributed by atoms with Crippen molar-refractivity contribution in [3.8, 4) is 0 Å². The van der Waals surface area contributed by atoms with Crippen LogP contribution in [0.5, 0.6) is 0 Å². The third-order valence-corrected chi connectivity index (χ3v) is 0.503. The first kappa shape index (κ1) is 10.5. The lowest BCUT2D eigenvalue weighted by Gasteiger charge is -1.88. The van der Waals surface area contributed by atoms with E-state index in [2.05, 4.69) is 11.3 Å². The third-order valence-electron chi connectivity index (χ3n) is 0.503. The van der Waals surface area contributed by atoms with Crippen molar-refractivity contribution < 1.29 is 9.53 Å². The lowest BCUT2D eigenvalue weighted by atomic mass is 10.5. The maximum absolute atomic E-state index is 10.1. The Kier molecular flexibility index (Phi) is 8.51. The minimum atomic E-state index is -0.241. The summed E-state index contributed by atoms with van der Waals surface area (Å²) in [6.45, 7) is 4.93. The fraction of sp³-hybridized carbons (Fsp3) is 0.400. The Labute approximate surface area is 54.9 Å². The van der Waals surface area contributed by atoms with Crippen LogP contribution in [0.25, 0.3) is 0 Å².